The smallest absolute Gasteiger partial charge is 0.255 e. The lowest BCUT2D eigenvalue weighted by Gasteiger charge is -2.21. The van der Waals surface area contributed by atoms with Crippen molar-refractivity contribution >= 4 is 33.4 Å². The minimum atomic E-state index is 0.0370. The number of amides is 1. The lowest BCUT2D eigenvalue weighted by atomic mass is 10.2. The highest BCUT2D eigenvalue weighted by Crippen LogP contribution is 2.18. The Kier molecular flexibility index (Phi) is 5.85. The van der Waals surface area contributed by atoms with E-state index in [0.717, 1.165) is 17.4 Å². The van der Waals surface area contributed by atoms with Gasteiger partial charge in [0.1, 0.15) is 0 Å². The molecule has 0 aliphatic carbocycles. The maximum Gasteiger partial charge on any atom is 0.255 e. The molecule has 2 nitrogen and oxygen atoms in total. The maximum atomic E-state index is 12.2. The second-order valence-electron chi connectivity index (χ2n) is 3.46. The number of nitrogens with zero attached hydrogens (tertiary/aromatic N) is 1. The summed E-state index contributed by atoms with van der Waals surface area (Å²) in [5.74, 6) is 0.505. The third-order valence-corrected chi connectivity index (χ3v) is 3.10. The minimum Gasteiger partial charge on any atom is -0.337 e. The molecule has 1 aromatic carbocycles. The fraction of sp³-hybridized carbons (Fsp3) is 0.417. The largest absolute Gasteiger partial charge is 0.337 e. The van der Waals surface area contributed by atoms with Crippen LogP contribution in [-0.4, -0.2) is 29.8 Å². The van der Waals surface area contributed by atoms with Crippen LogP contribution in [-0.2, 0) is 0 Å². The summed E-state index contributed by atoms with van der Waals surface area (Å²) in [7, 11) is 0. The molecule has 0 atom stereocenters. The summed E-state index contributed by atoms with van der Waals surface area (Å²) in [6.45, 7) is 3.39. The van der Waals surface area contributed by atoms with Crippen LogP contribution in [0.2, 0.25) is 0 Å². The van der Waals surface area contributed by atoms with Gasteiger partial charge in [-0.1, -0.05) is 19.1 Å². The number of rotatable bonds is 5. The van der Waals surface area contributed by atoms with Crippen LogP contribution in [0.1, 0.15) is 23.7 Å². The topological polar surface area (TPSA) is 20.3 Å². The van der Waals surface area contributed by atoms with E-state index in [4.69, 9.17) is 11.6 Å². The van der Waals surface area contributed by atoms with Crippen molar-refractivity contribution in [2.45, 2.75) is 13.3 Å². The normalized spacial score (nSPS) is 10.2. The Bertz CT molecular complexity index is 351. The van der Waals surface area contributed by atoms with Gasteiger partial charge in [0.25, 0.3) is 5.91 Å². The summed E-state index contributed by atoms with van der Waals surface area (Å²) in [4.78, 5) is 14.0. The number of alkyl halides is 1. The molecule has 4 heteroatoms. The lowest BCUT2D eigenvalue weighted by Crippen LogP contribution is -2.33. The lowest BCUT2D eigenvalue weighted by molar-refractivity contribution is 0.0764. The van der Waals surface area contributed by atoms with E-state index in [9.17, 15) is 4.79 Å². The Morgan fingerprint density at radius 2 is 2.06 bits per heavy atom. The zero-order valence-electron chi connectivity index (χ0n) is 9.25. The van der Waals surface area contributed by atoms with Crippen molar-refractivity contribution in [3.05, 3.63) is 34.3 Å². The van der Waals surface area contributed by atoms with E-state index < -0.39 is 0 Å². The summed E-state index contributed by atoms with van der Waals surface area (Å²) in [6, 6.07) is 7.46. The Labute approximate surface area is 110 Å². The molecule has 88 valence electrons. The van der Waals surface area contributed by atoms with E-state index >= 15 is 0 Å². The molecule has 0 saturated heterocycles. The van der Waals surface area contributed by atoms with E-state index in [2.05, 4.69) is 22.9 Å². The average molecular weight is 305 g/mol. The molecule has 0 saturated carbocycles. The predicted molar refractivity (Wildman–Crippen MR) is 71.1 cm³/mol. The van der Waals surface area contributed by atoms with E-state index in [1.54, 1.807) is 4.90 Å². The molecule has 1 aromatic rings. The highest BCUT2D eigenvalue weighted by atomic mass is 79.9. The molecule has 0 spiro atoms. The van der Waals surface area contributed by atoms with Crippen LogP contribution in [0.4, 0.5) is 0 Å². The molecule has 1 amide bonds. The number of hydrogen-bond acceptors (Lipinski definition) is 1. The van der Waals surface area contributed by atoms with Crippen LogP contribution >= 0.6 is 27.5 Å². The SMILES string of the molecule is CCCN(CCCl)C(=O)c1ccccc1Br. The van der Waals surface area contributed by atoms with Crippen molar-refractivity contribution < 1.29 is 4.79 Å². The van der Waals surface area contributed by atoms with Gasteiger partial charge in [0.2, 0.25) is 0 Å². The van der Waals surface area contributed by atoms with Crippen molar-refractivity contribution in [2.24, 2.45) is 0 Å². The Morgan fingerprint density at radius 3 is 2.62 bits per heavy atom. The molecule has 0 unspecified atom stereocenters. The van der Waals surface area contributed by atoms with Crippen molar-refractivity contribution in [1.29, 1.82) is 0 Å². The number of carbonyl (C=O) groups is 1. The summed E-state index contributed by atoms with van der Waals surface area (Å²) < 4.78 is 0.829. The van der Waals surface area contributed by atoms with Crippen LogP contribution in [0.25, 0.3) is 0 Å². The zero-order valence-corrected chi connectivity index (χ0v) is 11.6. The Morgan fingerprint density at radius 1 is 1.38 bits per heavy atom. The van der Waals surface area contributed by atoms with Crippen LogP contribution in [0.3, 0.4) is 0 Å². The number of hydrogen-bond donors (Lipinski definition) is 0. The predicted octanol–water partition coefficient (Wildman–Crippen LogP) is 3.54. The first-order valence-corrected chi connectivity index (χ1v) is 6.63. The van der Waals surface area contributed by atoms with Crippen molar-refractivity contribution in [1.82, 2.24) is 4.90 Å². The third-order valence-electron chi connectivity index (χ3n) is 2.24. The summed E-state index contributed by atoms with van der Waals surface area (Å²) in [5, 5.41) is 0. The van der Waals surface area contributed by atoms with Crippen LogP contribution < -0.4 is 0 Å². The Hall–Kier alpha value is -0.540. The summed E-state index contributed by atoms with van der Waals surface area (Å²) >= 11 is 9.08. The first kappa shape index (κ1) is 13.5. The monoisotopic (exact) mass is 303 g/mol. The second kappa shape index (κ2) is 6.92. The molecule has 0 aliphatic rings. The average Bonchev–Trinajstić information content (AvgIpc) is 2.28. The van der Waals surface area contributed by atoms with E-state index in [0.29, 0.717) is 18.0 Å². The third kappa shape index (κ3) is 3.49. The second-order valence-corrected chi connectivity index (χ2v) is 4.69. The van der Waals surface area contributed by atoms with Gasteiger partial charge < -0.3 is 4.90 Å². The standard InChI is InChI=1S/C12H15BrClNO/c1-2-8-15(9-7-14)12(16)10-5-3-4-6-11(10)13/h3-6H,2,7-9H2,1H3. The van der Waals surface area contributed by atoms with Gasteiger partial charge in [0.15, 0.2) is 0 Å². The van der Waals surface area contributed by atoms with Gasteiger partial charge in [0, 0.05) is 23.4 Å². The zero-order chi connectivity index (χ0) is 12.0. The van der Waals surface area contributed by atoms with Gasteiger partial charge in [0.05, 0.1) is 5.56 Å². The molecular weight excluding hydrogens is 289 g/mol. The van der Waals surface area contributed by atoms with E-state index in [-0.39, 0.29) is 5.91 Å². The molecule has 0 bridgehead atoms. The number of carbonyl (C=O) groups excluding carboxylic acids is 1. The van der Waals surface area contributed by atoms with Gasteiger partial charge >= 0.3 is 0 Å². The van der Waals surface area contributed by atoms with Gasteiger partial charge in [-0.2, -0.15) is 0 Å². The van der Waals surface area contributed by atoms with Gasteiger partial charge in [-0.3, -0.25) is 4.79 Å². The number of benzene rings is 1. The molecule has 0 aromatic heterocycles. The van der Waals surface area contributed by atoms with Crippen molar-refractivity contribution in [2.75, 3.05) is 19.0 Å². The molecular formula is C12H15BrClNO. The van der Waals surface area contributed by atoms with Crippen LogP contribution in [0.5, 0.6) is 0 Å². The van der Waals surface area contributed by atoms with Crippen LogP contribution in [0, 0.1) is 0 Å². The first-order valence-electron chi connectivity index (χ1n) is 5.30. The molecule has 16 heavy (non-hydrogen) atoms. The molecule has 0 aliphatic heterocycles. The van der Waals surface area contributed by atoms with Crippen molar-refractivity contribution in [3.8, 4) is 0 Å². The molecule has 0 heterocycles. The van der Waals surface area contributed by atoms with Gasteiger partial charge in [-0.15, -0.1) is 11.6 Å². The fourth-order valence-corrected chi connectivity index (χ4v) is 2.15. The van der Waals surface area contributed by atoms with Crippen LogP contribution in [0.15, 0.2) is 28.7 Å². The first-order chi connectivity index (χ1) is 7.70. The molecule has 1 rings (SSSR count). The van der Waals surface area contributed by atoms with Gasteiger partial charge in [-0.25, -0.2) is 0 Å². The Balaban J connectivity index is 2.85. The quantitative estimate of drug-likeness (QED) is 0.762. The molecule has 0 N–H and O–H groups in total. The summed E-state index contributed by atoms with van der Waals surface area (Å²) in [6.07, 6.45) is 0.938. The van der Waals surface area contributed by atoms with Crippen molar-refractivity contribution in [3.63, 3.8) is 0 Å². The summed E-state index contributed by atoms with van der Waals surface area (Å²) in [5.41, 5.74) is 0.695. The number of halogens is 2. The maximum absolute atomic E-state index is 12.2. The van der Waals surface area contributed by atoms with Gasteiger partial charge in [-0.05, 0) is 34.5 Å². The molecule has 0 fully saturated rings. The fourth-order valence-electron chi connectivity index (χ4n) is 1.49. The highest BCUT2D eigenvalue weighted by Gasteiger charge is 2.16. The van der Waals surface area contributed by atoms with E-state index in [1.165, 1.54) is 0 Å². The highest BCUT2D eigenvalue weighted by molar-refractivity contribution is 9.10. The minimum absolute atomic E-state index is 0.0370. The molecule has 0 radical (unpaired) electrons. The van der Waals surface area contributed by atoms with E-state index in [1.807, 2.05) is 24.3 Å².